The summed E-state index contributed by atoms with van der Waals surface area (Å²) in [5, 5.41) is 11.7. The van der Waals surface area contributed by atoms with Gasteiger partial charge >= 0.3 is 5.97 Å². The first-order chi connectivity index (χ1) is 12.9. The van der Waals surface area contributed by atoms with Gasteiger partial charge in [0.05, 0.1) is 5.92 Å². The summed E-state index contributed by atoms with van der Waals surface area (Å²) in [6.07, 6.45) is 2.80. The molecule has 0 amide bonds. The fourth-order valence-electron chi connectivity index (χ4n) is 2.63. The summed E-state index contributed by atoms with van der Waals surface area (Å²) in [6.45, 7) is 6.63. The Morgan fingerprint density at radius 1 is 1.04 bits per heavy atom. The first kappa shape index (κ1) is 22.7. The summed E-state index contributed by atoms with van der Waals surface area (Å²) in [7, 11) is 4.11. The Morgan fingerprint density at radius 2 is 1.52 bits per heavy atom. The molecule has 148 valence electrons. The van der Waals surface area contributed by atoms with E-state index in [4.69, 9.17) is 5.11 Å². The summed E-state index contributed by atoms with van der Waals surface area (Å²) >= 11 is 0. The van der Waals surface area contributed by atoms with Crippen molar-refractivity contribution in [2.45, 2.75) is 32.6 Å². The molecule has 4 heteroatoms. The number of nitrogens with zero attached hydrogens (tertiary/aromatic N) is 1. The third-order valence-electron chi connectivity index (χ3n) is 4.74. The summed E-state index contributed by atoms with van der Waals surface area (Å²) < 4.78 is 0. The fourth-order valence-corrected chi connectivity index (χ4v) is 2.63. The standard InChI is InChI=1S/C9H10O2.C7H15N.C7H9N/c1-7(9(10)11)8-5-3-2-4-6-8;1-7-3-5-8(2)6-4-7;1-8-7-5-3-2-4-6-7/h2-7H,1H3,(H,10,11);7H,3-6H2,1-2H3;2-6,8H,1H3. The number of hydrogen-bond donors (Lipinski definition) is 2. The molecule has 0 bridgehead atoms. The quantitative estimate of drug-likeness (QED) is 0.802. The minimum absolute atomic E-state index is 0.406. The van der Waals surface area contributed by atoms with E-state index >= 15 is 0 Å². The molecule has 2 aromatic rings. The topological polar surface area (TPSA) is 52.6 Å². The van der Waals surface area contributed by atoms with E-state index in [9.17, 15) is 4.79 Å². The van der Waals surface area contributed by atoms with Crippen molar-refractivity contribution >= 4 is 11.7 Å². The van der Waals surface area contributed by atoms with Crippen molar-refractivity contribution in [3.05, 3.63) is 66.2 Å². The lowest BCUT2D eigenvalue weighted by molar-refractivity contribution is -0.138. The normalized spacial score (nSPS) is 15.4. The molecule has 2 N–H and O–H groups in total. The highest BCUT2D eigenvalue weighted by Crippen LogP contribution is 2.14. The maximum absolute atomic E-state index is 10.5. The Balaban J connectivity index is 0.000000206. The van der Waals surface area contributed by atoms with Crippen LogP contribution in [-0.4, -0.2) is 43.2 Å². The van der Waals surface area contributed by atoms with E-state index in [0.717, 1.165) is 17.2 Å². The highest BCUT2D eigenvalue weighted by molar-refractivity contribution is 5.75. The lowest BCUT2D eigenvalue weighted by Crippen LogP contribution is -2.28. The van der Waals surface area contributed by atoms with E-state index in [2.05, 4.69) is 24.2 Å². The lowest BCUT2D eigenvalue weighted by atomic mass is 10.00. The van der Waals surface area contributed by atoms with Crippen LogP contribution in [0.2, 0.25) is 0 Å². The van der Waals surface area contributed by atoms with Gasteiger partial charge in [-0.05, 0) is 63.5 Å². The number of carbonyl (C=O) groups is 1. The van der Waals surface area contributed by atoms with Crippen molar-refractivity contribution in [2.75, 3.05) is 32.5 Å². The second kappa shape index (κ2) is 12.9. The molecule has 0 aliphatic carbocycles. The number of likely N-dealkylation sites (tertiary alicyclic amines) is 1. The number of aliphatic carboxylic acids is 1. The SMILES string of the molecule is CC(C(=O)O)c1ccccc1.CC1CCN(C)CC1.CNc1ccccc1. The molecule has 1 aliphatic heterocycles. The lowest BCUT2D eigenvalue weighted by Gasteiger charge is -2.26. The predicted molar refractivity (Wildman–Crippen MR) is 114 cm³/mol. The number of para-hydroxylation sites is 1. The van der Waals surface area contributed by atoms with Crippen molar-refractivity contribution in [3.8, 4) is 0 Å². The van der Waals surface area contributed by atoms with Gasteiger partial charge in [0.1, 0.15) is 0 Å². The average Bonchev–Trinajstić information content (AvgIpc) is 2.72. The van der Waals surface area contributed by atoms with E-state index in [0.29, 0.717) is 0 Å². The number of rotatable bonds is 3. The molecule has 0 radical (unpaired) electrons. The molecule has 0 saturated carbocycles. The van der Waals surface area contributed by atoms with Gasteiger partial charge in [-0.25, -0.2) is 0 Å². The molecule has 1 saturated heterocycles. The Hall–Kier alpha value is -2.33. The molecule has 1 aliphatic rings. The van der Waals surface area contributed by atoms with Crippen LogP contribution in [0, 0.1) is 5.92 Å². The highest BCUT2D eigenvalue weighted by atomic mass is 16.4. The van der Waals surface area contributed by atoms with Crippen LogP contribution in [0.5, 0.6) is 0 Å². The Bertz CT molecular complexity index is 613. The van der Waals surface area contributed by atoms with Crippen LogP contribution in [-0.2, 0) is 4.79 Å². The minimum atomic E-state index is -0.781. The number of hydrogen-bond acceptors (Lipinski definition) is 3. The van der Waals surface area contributed by atoms with Gasteiger partial charge in [0.2, 0.25) is 0 Å². The molecule has 4 nitrogen and oxygen atoms in total. The Kier molecular flexibility index (Phi) is 10.9. The molecule has 1 unspecified atom stereocenters. The largest absolute Gasteiger partial charge is 0.481 e. The van der Waals surface area contributed by atoms with Crippen molar-refractivity contribution in [1.29, 1.82) is 0 Å². The smallest absolute Gasteiger partial charge is 0.310 e. The third kappa shape index (κ3) is 9.80. The second-order valence-corrected chi connectivity index (χ2v) is 7.07. The molecule has 0 spiro atoms. The average molecular weight is 371 g/mol. The van der Waals surface area contributed by atoms with Gasteiger partial charge in [-0.3, -0.25) is 4.79 Å². The van der Waals surface area contributed by atoms with Gasteiger partial charge < -0.3 is 15.3 Å². The zero-order valence-corrected chi connectivity index (χ0v) is 17.1. The molecule has 2 aromatic carbocycles. The van der Waals surface area contributed by atoms with Crippen molar-refractivity contribution < 1.29 is 9.90 Å². The summed E-state index contributed by atoms with van der Waals surface area (Å²) in [5.74, 6) is -0.210. The molecule has 1 atom stereocenters. The number of anilines is 1. The van der Waals surface area contributed by atoms with E-state index in [1.165, 1.54) is 25.9 Å². The molecule has 0 aromatic heterocycles. The van der Waals surface area contributed by atoms with Gasteiger partial charge in [-0.1, -0.05) is 55.5 Å². The first-order valence-corrected chi connectivity index (χ1v) is 9.63. The second-order valence-electron chi connectivity index (χ2n) is 7.07. The van der Waals surface area contributed by atoms with Crippen LogP contribution < -0.4 is 5.32 Å². The number of carboxylic acids is 1. The van der Waals surface area contributed by atoms with Crippen LogP contribution in [0.4, 0.5) is 5.69 Å². The maximum Gasteiger partial charge on any atom is 0.310 e. The number of benzene rings is 2. The van der Waals surface area contributed by atoms with E-state index in [1.54, 1.807) is 6.92 Å². The van der Waals surface area contributed by atoms with Crippen LogP contribution >= 0.6 is 0 Å². The van der Waals surface area contributed by atoms with E-state index in [-0.39, 0.29) is 0 Å². The number of nitrogens with one attached hydrogen (secondary N) is 1. The van der Waals surface area contributed by atoms with E-state index in [1.807, 2.05) is 67.7 Å². The summed E-state index contributed by atoms with van der Waals surface area (Å²) in [6, 6.07) is 19.3. The Labute approximate surface area is 164 Å². The van der Waals surface area contributed by atoms with Gasteiger partial charge in [0.25, 0.3) is 0 Å². The Morgan fingerprint density at radius 3 is 1.89 bits per heavy atom. The minimum Gasteiger partial charge on any atom is -0.481 e. The molecular weight excluding hydrogens is 336 g/mol. The highest BCUT2D eigenvalue weighted by Gasteiger charge is 2.12. The van der Waals surface area contributed by atoms with Crippen molar-refractivity contribution in [1.82, 2.24) is 4.90 Å². The van der Waals surface area contributed by atoms with Crippen molar-refractivity contribution in [2.24, 2.45) is 5.92 Å². The molecule has 27 heavy (non-hydrogen) atoms. The first-order valence-electron chi connectivity index (χ1n) is 9.63. The van der Waals surface area contributed by atoms with Crippen LogP contribution in [0.3, 0.4) is 0 Å². The van der Waals surface area contributed by atoms with Gasteiger partial charge in [0.15, 0.2) is 0 Å². The van der Waals surface area contributed by atoms with Gasteiger partial charge in [0, 0.05) is 12.7 Å². The monoisotopic (exact) mass is 370 g/mol. The van der Waals surface area contributed by atoms with Crippen LogP contribution in [0.15, 0.2) is 60.7 Å². The van der Waals surface area contributed by atoms with Gasteiger partial charge in [-0.2, -0.15) is 0 Å². The number of carboxylic acid groups (broad SMARTS) is 1. The molecule has 1 heterocycles. The van der Waals surface area contributed by atoms with Crippen LogP contribution in [0.25, 0.3) is 0 Å². The fraction of sp³-hybridized carbons (Fsp3) is 0.435. The predicted octanol–water partition coefficient (Wildman–Crippen LogP) is 4.95. The molecule has 1 fully saturated rings. The zero-order chi connectivity index (χ0) is 20.1. The molecule has 3 rings (SSSR count). The van der Waals surface area contributed by atoms with E-state index < -0.39 is 11.9 Å². The molecular formula is C23H34N2O2. The van der Waals surface area contributed by atoms with Gasteiger partial charge in [-0.15, -0.1) is 0 Å². The van der Waals surface area contributed by atoms with Crippen LogP contribution in [0.1, 0.15) is 38.2 Å². The zero-order valence-electron chi connectivity index (χ0n) is 17.1. The van der Waals surface area contributed by atoms with Crippen molar-refractivity contribution in [3.63, 3.8) is 0 Å². The summed E-state index contributed by atoms with van der Waals surface area (Å²) in [4.78, 5) is 12.9. The third-order valence-corrected chi connectivity index (χ3v) is 4.74. The number of piperidine rings is 1. The summed E-state index contributed by atoms with van der Waals surface area (Å²) in [5.41, 5.74) is 2.01. The maximum atomic E-state index is 10.5.